The predicted octanol–water partition coefficient (Wildman–Crippen LogP) is 3.78. The van der Waals surface area contributed by atoms with Crippen molar-refractivity contribution in [1.29, 1.82) is 0 Å². The fourth-order valence-electron chi connectivity index (χ4n) is 3.57. The van der Waals surface area contributed by atoms with Gasteiger partial charge < -0.3 is 10.2 Å². The first-order valence-electron chi connectivity index (χ1n) is 8.15. The molecule has 23 heavy (non-hydrogen) atoms. The second-order valence-corrected chi connectivity index (χ2v) is 6.22. The third-order valence-corrected chi connectivity index (χ3v) is 4.65. The lowest BCUT2D eigenvalue weighted by Crippen LogP contribution is -2.38. The van der Waals surface area contributed by atoms with E-state index in [0.29, 0.717) is 0 Å². The van der Waals surface area contributed by atoms with Crippen molar-refractivity contribution in [1.82, 2.24) is 10.2 Å². The molecule has 2 aromatic rings. The van der Waals surface area contributed by atoms with Gasteiger partial charge in [-0.15, -0.1) is 12.4 Å². The molecular weight excluding hydrogens is 308 g/mol. The van der Waals surface area contributed by atoms with E-state index in [1.54, 1.807) is 0 Å². The van der Waals surface area contributed by atoms with Gasteiger partial charge in [0.15, 0.2) is 0 Å². The van der Waals surface area contributed by atoms with Crippen molar-refractivity contribution < 1.29 is 4.79 Å². The maximum Gasteiger partial charge on any atom is 0.227 e. The highest BCUT2D eigenvalue weighted by atomic mass is 35.5. The molecule has 0 spiro atoms. The van der Waals surface area contributed by atoms with Gasteiger partial charge >= 0.3 is 0 Å². The highest BCUT2D eigenvalue weighted by Crippen LogP contribution is 2.36. The molecule has 4 heteroatoms. The molecule has 1 aliphatic heterocycles. The summed E-state index contributed by atoms with van der Waals surface area (Å²) in [6, 6.07) is 15.1. The van der Waals surface area contributed by atoms with Crippen molar-refractivity contribution >= 4 is 29.1 Å². The molecule has 2 aromatic carbocycles. The average molecular weight is 333 g/mol. The lowest BCUT2D eigenvalue weighted by Gasteiger charge is -2.28. The molecule has 3 nitrogen and oxygen atoms in total. The molecule has 3 rings (SSSR count). The van der Waals surface area contributed by atoms with Crippen LogP contribution < -0.4 is 5.32 Å². The zero-order chi connectivity index (χ0) is 15.5. The molecule has 0 bridgehead atoms. The Balaban J connectivity index is 0.00000192. The Hall–Kier alpha value is -1.58. The molecule has 1 fully saturated rings. The summed E-state index contributed by atoms with van der Waals surface area (Å²) in [5, 5.41) is 5.63. The maximum atomic E-state index is 12.7. The third-order valence-electron chi connectivity index (χ3n) is 4.65. The molecule has 0 radical (unpaired) electrons. The van der Waals surface area contributed by atoms with Crippen molar-refractivity contribution in [2.75, 3.05) is 20.1 Å². The fraction of sp³-hybridized carbons (Fsp3) is 0.421. The third kappa shape index (κ3) is 3.51. The van der Waals surface area contributed by atoms with Crippen molar-refractivity contribution in [3.05, 3.63) is 48.0 Å². The van der Waals surface area contributed by atoms with Crippen molar-refractivity contribution in [2.24, 2.45) is 5.92 Å². The van der Waals surface area contributed by atoms with E-state index in [4.69, 9.17) is 0 Å². The zero-order valence-corrected chi connectivity index (χ0v) is 14.6. The number of fused-ring (bicyclic) bond motifs is 1. The van der Waals surface area contributed by atoms with Crippen LogP contribution >= 0.6 is 12.4 Å². The van der Waals surface area contributed by atoms with Gasteiger partial charge in [0.2, 0.25) is 5.91 Å². The van der Waals surface area contributed by atoms with E-state index in [-0.39, 0.29) is 30.3 Å². The van der Waals surface area contributed by atoms with Gasteiger partial charge in [0.1, 0.15) is 0 Å². The van der Waals surface area contributed by atoms with Gasteiger partial charge in [-0.1, -0.05) is 49.4 Å². The Morgan fingerprint density at radius 3 is 2.78 bits per heavy atom. The standard InChI is InChI=1S/C19H24N2O.ClH/c1-14(13-20-2)19(22)21-12-6-11-18(21)17-10-5-8-15-7-3-4-9-16(15)17;/h3-5,7-10,14,18,20H,6,11-13H2,1-2H3;1H. The van der Waals surface area contributed by atoms with E-state index < -0.39 is 0 Å². The predicted molar refractivity (Wildman–Crippen MR) is 98.0 cm³/mol. The number of carbonyl (C=O) groups excluding carboxylic acids is 1. The van der Waals surface area contributed by atoms with Gasteiger partial charge in [0.25, 0.3) is 0 Å². The van der Waals surface area contributed by atoms with Gasteiger partial charge in [-0.25, -0.2) is 0 Å². The Morgan fingerprint density at radius 2 is 2.00 bits per heavy atom. The Bertz CT molecular complexity index is 668. The Kier molecular flexibility index (Phi) is 6.03. The first-order valence-corrected chi connectivity index (χ1v) is 8.15. The number of benzene rings is 2. The van der Waals surface area contributed by atoms with E-state index in [9.17, 15) is 4.79 Å². The minimum atomic E-state index is 0. The molecule has 1 heterocycles. The minimum Gasteiger partial charge on any atom is -0.335 e. The fourth-order valence-corrected chi connectivity index (χ4v) is 3.57. The molecule has 2 atom stereocenters. The molecular formula is C19H25ClN2O. The van der Waals surface area contributed by atoms with E-state index in [1.165, 1.54) is 16.3 Å². The number of hydrogen-bond donors (Lipinski definition) is 1. The van der Waals surface area contributed by atoms with E-state index >= 15 is 0 Å². The molecule has 1 aliphatic rings. The van der Waals surface area contributed by atoms with Gasteiger partial charge in [-0.05, 0) is 36.2 Å². The van der Waals surface area contributed by atoms with Gasteiger partial charge in [0, 0.05) is 19.0 Å². The van der Waals surface area contributed by atoms with E-state index in [0.717, 1.165) is 25.9 Å². The number of amides is 1. The van der Waals surface area contributed by atoms with Crippen LogP contribution in [0.1, 0.15) is 31.4 Å². The topological polar surface area (TPSA) is 32.3 Å². The van der Waals surface area contributed by atoms with Gasteiger partial charge in [-0.3, -0.25) is 4.79 Å². The van der Waals surface area contributed by atoms with Crippen LogP contribution in [0.3, 0.4) is 0 Å². The van der Waals surface area contributed by atoms with Gasteiger partial charge in [0.05, 0.1) is 6.04 Å². The number of rotatable bonds is 4. The number of hydrogen-bond acceptors (Lipinski definition) is 2. The summed E-state index contributed by atoms with van der Waals surface area (Å²) in [6.45, 7) is 3.62. The number of likely N-dealkylation sites (tertiary alicyclic amines) is 1. The molecule has 0 saturated carbocycles. The summed E-state index contributed by atoms with van der Waals surface area (Å²) in [4.78, 5) is 14.8. The summed E-state index contributed by atoms with van der Waals surface area (Å²) in [5.41, 5.74) is 1.29. The number of nitrogens with zero attached hydrogens (tertiary/aromatic N) is 1. The van der Waals surface area contributed by atoms with Crippen LogP contribution in [0.15, 0.2) is 42.5 Å². The quantitative estimate of drug-likeness (QED) is 0.924. The number of carbonyl (C=O) groups is 1. The maximum absolute atomic E-state index is 12.7. The average Bonchev–Trinajstić information content (AvgIpc) is 3.03. The molecule has 1 saturated heterocycles. The van der Waals surface area contributed by atoms with Crippen molar-refractivity contribution in [3.63, 3.8) is 0 Å². The second kappa shape index (κ2) is 7.80. The largest absolute Gasteiger partial charge is 0.335 e. The Morgan fingerprint density at radius 1 is 1.26 bits per heavy atom. The molecule has 1 amide bonds. The molecule has 2 unspecified atom stereocenters. The lowest BCUT2D eigenvalue weighted by atomic mass is 9.96. The summed E-state index contributed by atoms with van der Waals surface area (Å²) in [6.07, 6.45) is 2.15. The minimum absolute atomic E-state index is 0. The van der Waals surface area contributed by atoms with E-state index in [1.807, 2.05) is 14.0 Å². The molecule has 0 aromatic heterocycles. The van der Waals surface area contributed by atoms with E-state index in [2.05, 4.69) is 52.7 Å². The normalized spacial score (nSPS) is 18.7. The number of nitrogens with one attached hydrogen (secondary N) is 1. The summed E-state index contributed by atoms with van der Waals surface area (Å²) in [7, 11) is 1.90. The van der Waals surface area contributed by atoms with Crippen molar-refractivity contribution in [3.8, 4) is 0 Å². The first kappa shape index (κ1) is 17.8. The Labute approximate surface area is 144 Å². The number of halogens is 1. The second-order valence-electron chi connectivity index (χ2n) is 6.22. The van der Waals surface area contributed by atoms with Crippen LogP contribution in [-0.2, 0) is 4.79 Å². The zero-order valence-electron chi connectivity index (χ0n) is 13.8. The molecule has 1 N–H and O–H groups in total. The van der Waals surface area contributed by atoms with Crippen LogP contribution in [0.2, 0.25) is 0 Å². The van der Waals surface area contributed by atoms with Crippen LogP contribution in [0.25, 0.3) is 10.8 Å². The van der Waals surface area contributed by atoms with Crippen LogP contribution in [0, 0.1) is 5.92 Å². The molecule has 124 valence electrons. The smallest absolute Gasteiger partial charge is 0.227 e. The highest BCUT2D eigenvalue weighted by molar-refractivity contribution is 5.87. The summed E-state index contributed by atoms with van der Waals surface area (Å²) >= 11 is 0. The van der Waals surface area contributed by atoms with Crippen LogP contribution in [0.4, 0.5) is 0 Å². The highest BCUT2D eigenvalue weighted by Gasteiger charge is 2.32. The monoisotopic (exact) mass is 332 g/mol. The SMILES string of the molecule is CNCC(C)C(=O)N1CCCC1c1cccc2ccccc12.Cl. The lowest BCUT2D eigenvalue weighted by molar-refractivity contribution is -0.135. The van der Waals surface area contributed by atoms with Crippen molar-refractivity contribution in [2.45, 2.75) is 25.8 Å². The van der Waals surface area contributed by atoms with Crippen LogP contribution in [0.5, 0.6) is 0 Å². The van der Waals surface area contributed by atoms with Crippen LogP contribution in [-0.4, -0.2) is 30.9 Å². The van der Waals surface area contributed by atoms with Gasteiger partial charge in [-0.2, -0.15) is 0 Å². The molecule has 0 aliphatic carbocycles. The first-order chi connectivity index (χ1) is 10.7. The summed E-state index contributed by atoms with van der Waals surface area (Å²) < 4.78 is 0. The summed E-state index contributed by atoms with van der Waals surface area (Å²) in [5.74, 6) is 0.297.